The summed E-state index contributed by atoms with van der Waals surface area (Å²) in [6.07, 6.45) is 0.738. The van der Waals surface area contributed by atoms with Crippen molar-refractivity contribution in [1.82, 2.24) is 5.32 Å². The second-order valence-corrected chi connectivity index (χ2v) is 7.54. The van der Waals surface area contributed by atoms with Crippen LogP contribution in [0.3, 0.4) is 0 Å². The molecule has 0 saturated carbocycles. The van der Waals surface area contributed by atoms with Gasteiger partial charge in [-0.05, 0) is 49.7 Å². The minimum absolute atomic E-state index is 0.0568. The maximum absolute atomic E-state index is 13.1. The van der Waals surface area contributed by atoms with E-state index in [0.29, 0.717) is 5.69 Å². The predicted octanol–water partition coefficient (Wildman–Crippen LogP) is 2.94. The number of nitrogens with zero attached hydrogens (tertiary/aromatic N) is 1. The smallest absolute Gasteiger partial charge is 0.264 e. The van der Waals surface area contributed by atoms with Gasteiger partial charge in [0.25, 0.3) is 10.0 Å². The van der Waals surface area contributed by atoms with Gasteiger partial charge in [0.2, 0.25) is 5.91 Å². The molecule has 1 amide bonds. The lowest BCUT2D eigenvalue weighted by Gasteiger charge is -2.24. The van der Waals surface area contributed by atoms with Crippen molar-refractivity contribution in [1.29, 1.82) is 0 Å². The maximum Gasteiger partial charge on any atom is 0.264 e. The van der Waals surface area contributed by atoms with Crippen LogP contribution in [0.1, 0.15) is 20.3 Å². The van der Waals surface area contributed by atoms with Gasteiger partial charge in [-0.1, -0.05) is 25.1 Å². The van der Waals surface area contributed by atoms with E-state index >= 15 is 0 Å². The molecule has 0 bridgehead atoms. The molecule has 0 fully saturated rings. The van der Waals surface area contributed by atoms with Crippen LogP contribution in [0, 0.1) is 5.82 Å². The highest BCUT2D eigenvalue weighted by atomic mass is 32.2. The minimum Gasteiger partial charge on any atom is -0.352 e. The Bertz CT molecular complexity index is 808. The number of amides is 1. The number of rotatable bonds is 7. The number of sulfonamides is 1. The number of hydrogen-bond donors (Lipinski definition) is 1. The molecular formula is C18H21FN2O3S. The quantitative estimate of drug-likeness (QED) is 0.821. The van der Waals surface area contributed by atoms with Crippen molar-refractivity contribution in [3.63, 3.8) is 0 Å². The SMILES string of the molecule is CC[C@@H](C)NC(=O)CN(c1ccccc1)S(=O)(=O)c1ccc(F)cc1. The van der Waals surface area contributed by atoms with Crippen molar-refractivity contribution in [3.05, 3.63) is 60.4 Å². The summed E-state index contributed by atoms with van der Waals surface area (Å²) in [6.45, 7) is 3.42. The van der Waals surface area contributed by atoms with Gasteiger partial charge in [0.05, 0.1) is 10.6 Å². The molecular weight excluding hydrogens is 343 g/mol. The molecule has 2 rings (SSSR count). The molecule has 0 aliphatic carbocycles. The Morgan fingerprint density at radius 3 is 2.28 bits per heavy atom. The second kappa shape index (κ2) is 8.11. The van der Waals surface area contributed by atoms with E-state index in [-0.39, 0.29) is 17.5 Å². The molecule has 0 aromatic heterocycles. The van der Waals surface area contributed by atoms with E-state index in [9.17, 15) is 17.6 Å². The van der Waals surface area contributed by atoms with E-state index in [1.54, 1.807) is 30.3 Å². The summed E-state index contributed by atoms with van der Waals surface area (Å²) in [7, 11) is -4.00. The van der Waals surface area contributed by atoms with Crippen molar-refractivity contribution in [2.45, 2.75) is 31.2 Å². The van der Waals surface area contributed by atoms with Gasteiger partial charge in [0.1, 0.15) is 12.4 Å². The molecule has 0 spiro atoms. The highest BCUT2D eigenvalue weighted by Crippen LogP contribution is 2.23. The van der Waals surface area contributed by atoms with Gasteiger partial charge in [-0.2, -0.15) is 0 Å². The average molecular weight is 364 g/mol. The van der Waals surface area contributed by atoms with E-state index in [2.05, 4.69) is 5.32 Å². The Labute approximate surface area is 147 Å². The first-order chi connectivity index (χ1) is 11.8. The minimum atomic E-state index is -4.00. The molecule has 2 aromatic rings. The molecule has 2 aromatic carbocycles. The van der Waals surface area contributed by atoms with Gasteiger partial charge in [0, 0.05) is 6.04 Å². The van der Waals surface area contributed by atoms with Crippen molar-refractivity contribution < 1.29 is 17.6 Å². The van der Waals surface area contributed by atoms with E-state index in [4.69, 9.17) is 0 Å². The molecule has 1 atom stereocenters. The zero-order valence-corrected chi connectivity index (χ0v) is 15.0. The number of hydrogen-bond acceptors (Lipinski definition) is 3. The number of carbonyl (C=O) groups excluding carboxylic acids is 1. The summed E-state index contributed by atoms with van der Waals surface area (Å²) >= 11 is 0. The van der Waals surface area contributed by atoms with Crippen LogP contribution in [-0.2, 0) is 14.8 Å². The van der Waals surface area contributed by atoms with Gasteiger partial charge in [-0.15, -0.1) is 0 Å². The van der Waals surface area contributed by atoms with Gasteiger partial charge in [0.15, 0.2) is 0 Å². The van der Waals surface area contributed by atoms with Gasteiger partial charge in [-0.3, -0.25) is 9.10 Å². The average Bonchev–Trinajstić information content (AvgIpc) is 2.60. The topological polar surface area (TPSA) is 66.5 Å². The van der Waals surface area contributed by atoms with E-state index in [1.807, 2.05) is 13.8 Å². The molecule has 1 N–H and O–H groups in total. The second-order valence-electron chi connectivity index (χ2n) is 5.68. The maximum atomic E-state index is 13.1. The van der Waals surface area contributed by atoms with Crippen molar-refractivity contribution in [3.8, 4) is 0 Å². The van der Waals surface area contributed by atoms with Crippen molar-refractivity contribution in [2.24, 2.45) is 0 Å². The highest BCUT2D eigenvalue weighted by molar-refractivity contribution is 7.92. The summed E-state index contributed by atoms with van der Waals surface area (Å²) < 4.78 is 40.1. The Morgan fingerprint density at radius 1 is 1.12 bits per heavy atom. The fourth-order valence-electron chi connectivity index (χ4n) is 2.20. The predicted molar refractivity (Wildman–Crippen MR) is 95.3 cm³/mol. The Hall–Kier alpha value is -2.41. The summed E-state index contributed by atoms with van der Waals surface area (Å²) in [5, 5.41) is 2.76. The number of para-hydroxylation sites is 1. The molecule has 0 unspecified atom stereocenters. The third-order valence-electron chi connectivity index (χ3n) is 3.75. The lowest BCUT2D eigenvalue weighted by atomic mass is 10.2. The van der Waals surface area contributed by atoms with Gasteiger partial charge < -0.3 is 5.32 Å². The summed E-state index contributed by atoms with van der Waals surface area (Å²) in [5.74, 6) is -0.927. The molecule has 0 saturated heterocycles. The molecule has 134 valence electrons. The number of nitrogens with one attached hydrogen (secondary N) is 1. The van der Waals surface area contributed by atoms with Crippen molar-refractivity contribution >= 4 is 21.6 Å². The Kier molecular flexibility index (Phi) is 6.14. The van der Waals surface area contributed by atoms with Crippen LogP contribution in [0.25, 0.3) is 0 Å². The van der Waals surface area contributed by atoms with Crippen LogP contribution in [0.15, 0.2) is 59.5 Å². The normalized spacial score (nSPS) is 12.4. The lowest BCUT2D eigenvalue weighted by molar-refractivity contribution is -0.120. The first-order valence-corrected chi connectivity index (χ1v) is 9.41. The molecule has 5 nitrogen and oxygen atoms in total. The highest BCUT2D eigenvalue weighted by Gasteiger charge is 2.27. The summed E-state index contributed by atoms with van der Waals surface area (Å²) in [4.78, 5) is 12.2. The van der Waals surface area contributed by atoms with Gasteiger partial charge >= 0.3 is 0 Å². The summed E-state index contributed by atoms with van der Waals surface area (Å²) in [5.41, 5.74) is 0.367. The number of halogens is 1. The number of anilines is 1. The molecule has 0 aliphatic rings. The van der Waals surface area contributed by atoms with Crippen LogP contribution >= 0.6 is 0 Å². The van der Waals surface area contributed by atoms with Gasteiger partial charge in [-0.25, -0.2) is 12.8 Å². The number of carbonyl (C=O) groups is 1. The van der Waals surface area contributed by atoms with E-state index in [0.717, 1.165) is 22.9 Å². The lowest BCUT2D eigenvalue weighted by Crippen LogP contribution is -2.43. The fraction of sp³-hybridized carbons (Fsp3) is 0.278. The molecule has 0 aliphatic heterocycles. The van der Waals surface area contributed by atoms with Crippen molar-refractivity contribution in [2.75, 3.05) is 10.8 Å². The molecule has 0 heterocycles. The van der Waals surface area contributed by atoms with Crippen LogP contribution in [-0.4, -0.2) is 26.9 Å². The largest absolute Gasteiger partial charge is 0.352 e. The van der Waals surface area contributed by atoms with E-state index in [1.165, 1.54) is 12.1 Å². The third kappa shape index (κ3) is 4.79. The third-order valence-corrected chi connectivity index (χ3v) is 5.54. The van der Waals surface area contributed by atoms with Crippen LogP contribution < -0.4 is 9.62 Å². The van der Waals surface area contributed by atoms with E-state index < -0.39 is 21.7 Å². The first kappa shape index (κ1) is 18.9. The molecule has 25 heavy (non-hydrogen) atoms. The molecule has 7 heteroatoms. The summed E-state index contributed by atoms with van der Waals surface area (Å²) in [6, 6.07) is 12.8. The standard InChI is InChI=1S/C18H21FN2O3S/c1-3-14(2)20-18(22)13-21(16-7-5-4-6-8-16)25(23,24)17-11-9-15(19)10-12-17/h4-12,14H,3,13H2,1-2H3,(H,20,22)/t14-/m1/s1. The first-order valence-electron chi connectivity index (χ1n) is 7.97. The Balaban J connectivity index is 2.37. The number of benzene rings is 2. The zero-order chi connectivity index (χ0) is 18.4. The monoisotopic (exact) mass is 364 g/mol. The van der Waals surface area contributed by atoms with Crippen LogP contribution in [0.4, 0.5) is 10.1 Å². The zero-order valence-electron chi connectivity index (χ0n) is 14.1. The van der Waals surface area contributed by atoms with Crippen LogP contribution in [0.2, 0.25) is 0 Å². The Morgan fingerprint density at radius 2 is 1.72 bits per heavy atom. The van der Waals surface area contributed by atoms with Crippen LogP contribution in [0.5, 0.6) is 0 Å². The molecule has 0 radical (unpaired) electrons. The fourth-order valence-corrected chi connectivity index (χ4v) is 3.62.